The molecule has 0 fully saturated rings. The average molecular weight is 280 g/mol. The molecule has 18 heavy (non-hydrogen) atoms. The van der Waals surface area contributed by atoms with Gasteiger partial charge < -0.3 is 14.5 Å². The molecule has 0 saturated carbocycles. The van der Waals surface area contributed by atoms with Crippen LogP contribution in [0.4, 0.5) is 0 Å². The predicted octanol–water partition coefficient (Wildman–Crippen LogP) is 2.70. The quantitative estimate of drug-likeness (QED) is 0.527. The first-order valence-electron chi connectivity index (χ1n) is 6.50. The van der Waals surface area contributed by atoms with Gasteiger partial charge in [-0.05, 0) is 25.2 Å². The summed E-state index contributed by atoms with van der Waals surface area (Å²) in [6.07, 6.45) is 2.07. The Morgan fingerprint density at radius 3 is 2.17 bits per heavy atom. The fraction of sp³-hybridized carbons (Fsp3) is 0.917. The Hall–Kier alpha value is -0.380. The van der Waals surface area contributed by atoms with Crippen LogP contribution in [0.3, 0.4) is 0 Å². The molecule has 0 aliphatic rings. The summed E-state index contributed by atoms with van der Waals surface area (Å²) in [7, 11) is -4.56. The van der Waals surface area contributed by atoms with Gasteiger partial charge in [-0.1, -0.05) is 34.1 Å². The zero-order valence-electron chi connectivity index (χ0n) is 11.7. The number of carbonyl (C=O) groups is 1. The molecule has 0 bridgehead atoms. The second kappa shape index (κ2) is 7.27. The third kappa shape index (κ3) is 3.56. The van der Waals surface area contributed by atoms with E-state index in [2.05, 4.69) is 0 Å². The maximum atomic E-state index is 12.1. The van der Waals surface area contributed by atoms with Gasteiger partial charge in [-0.2, -0.15) is 0 Å². The van der Waals surface area contributed by atoms with Gasteiger partial charge in [0, 0.05) is 0 Å². The van der Waals surface area contributed by atoms with Gasteiger partial charge in [0.05, 0.1) is 6.61 Å². The third-order valence-corrected chi connectivity index (χ3v) is 5.37. The van der Waals surface area contributed by atoms with Crippen molar-refractivity contribution in [2.75, 3.05) is 6.61 Å². The van der Waals surface area contributed by atoms with E-state index in [4.69, 9.17) is 4.74 Å². The van der Waals surface area contributed by atoms with Gasteiger partial charge in [0.1, 0.15) is 0 Å². The summed E-state index contributed by atoms with van der Waals surface area (Å²) >= 11 is 0. The molecule has 0 amide bonds. The normalized spacial score (nSPS) is 17.0. The highest BCUT2D eigenvalue weighted by molar-refractivity contribution is 7.54. The third-order valence-electron chi connectivity index (χ3n) is 3.39. The van der Waals surface area contributed by atoms with Crippen molar-refractivity contribution in [1.82, 2.24) is 0 Å². The van der Waals surface area contributed by atoms with E-state index in [9.17, 15) is 19.1 Å². The van der Waals surface area contributed by atoms with Crippen molar-refractivity contribution < 1.29 is 23.9 Å². The fourth-order valence-electron chi connectivity index (χ4n) is 2.30. The molecule has 6 heteroatoms. The molecule has 0 aliphatic heterocycles. The molecule has 0 heterocycles. The van der Waals surface area contributed by atoms with Gasteiger partial charge in [-0.25, -0.2) is 0 Å². The van der Waals surface area contributed by atoms with Crippen molar-refractivity contribution in [3.05, 3.63) is 0 Å². The number of carbonyl (C=O) groups excluding carboxylic acids is 1. The van der Waals surface area contributed by atoms with Crippen molar-refractivity contribution >= 4 is 13.6 Å². The minimum atomic E-state index is -4.56. The van der Waals surface area contributed by atoms with Gasteiger partial charge >= 0.3 is 13.6 Å². The number of ether oxygens (including phenoxy) is 1. The Balaban J connectivity index is 5.37. The lowest BCUT2D eigenvalue weighted by Crippen LogP contribution is -2.45. The molecule has 2 N–H and O–H groups in total. The molecule has 0 rings (SSSR count). The summed E-state index contributed by atoms with van der Waals surface area (Å²) in [4.78, 5) is 31.3. The van der Waals surface area contributed by atoms with E-state index in [0.717, 1.165) is 6.42 Å². The first-order chi connectivity index (χ1) is 8.27. The van der Waals surface area contributed by atoms with Crippen LogP contribution in [0.25, 0.3) is 0 Å². The SMILES string of the molecule is CCCOC(=O)C(CC)(C(C)CCC)P(=O)(O)O. The van der Waals surface area contributed by atoms with Crippen LogP contribution < -0.4 is 0 Å². The van der Waals surface area contributed by atoms with E-state index < -0.39 is 24.6 Å². The summed E-state index contributed by atoms with van der Waals surface area (Å²) in [6.45, 7) is 7.29. The van der Waals surface area contributed by atoms with E-state index in [-0.39, 0.29) is 13.0 Å². The highest BCUT2D eigenvalue weighted by Gasteiger charge is 2.56. The Morgan fingerprint density at radius 1 is 1.28 bits per heavy atom. The highest BCUT2D eigenvalue weighted by atomic mass is 31.2. The Morgan fingerprint density at radius 2 is 1.83 bits per heavy atom. The predicted molar refractivity (Wildman–Crippen MR) is 70.4 cm³/mol. The average Bonchev–Trinajstić information content (AvgIpc) is 2.26. The first kappa shape index (κ1) is 17.6. The van der Waals surface area contributed by atoms with Crippen molar-refractivity contribution in [1.29, 1.82) is 0 Å². The molecule has 2 atom stereocenters. The first-order valence-corrected chi connectivity index (χ1v) is 8.11. The monoisotopic (exact) mass is 280 g/mol. The molecule has 0 aromatic rings. The molecule has 0 aromatic carbocycles. The lowest BCUT2D eigenvalue weighted by molar-refractivity contribution is -0.149. The zero-order chi connectivity index (χ0) is 14.4. The van der Waals surface area contributed by atoms with Gasteiger partial charge in [-0.15, -0.1) is 0 Å². The topological polar surface area (TPSA) is 83.8 Å². The van der Waals surface area contributed by atoms with E-state index in [1.807, 2.05) is 13.8 Å². The lowest BCUT2D eigenvalue weighted by Gasteiger charge is -2.36. The molecular formula is C12H25O5P. The van der Waals surface area contributed by atoms with Crippen molar-refractivity contribution in [3.63, 3.8) is 0 Å². The van der Waals surface area contributed by atoms with E-state index in [1.165, 1.54) is 0 Å². The second-order valence-electron chi connectivity index (χ2n) is 4.65. The van der Waals surface area contributed by atoms with E-state index in [1.54, 1.807) is 13.8 Å². The number of hydrogen-bond donors (Lipinski definition) is 2. The van der Waals surface area contributed by atoms with Crippen LogP contribution in [0.5, 0.6) is 0 Å². The maximum Gasteiger partial charge on any atom is 0.343 e. The van der Waals surface area contributed by atoms with Crippen LogP contribution in [0.2, 0.25) is 0 Å². The maximum absolute atomic E-state index is 12.1. The molecule has 0 spiro atoms. The Kier molecular flexibility index (Phi) is 7.11. The summed E-state index contributed by atoms with van der Waals surface area (Å²) in [6, 6.07) is 0. The Bertz CT molecular complexity index is 312. The molecule has 108 valence electrons. The van der Waals surface area contributed by atoms with Crippen molar-refractivity contribution in [2.45, 2.75) is 58.5 Å². The van der Waals surface area contributed by atoms with Gasteiger partial charge in [-0.3, -0.25) is 9.36 Å². The lowest BCUT2D eigenvalue weighted by atomic mass is 9.87. The molecule has 5 nitrogen and oxygen atoms in total. The van der Waals surface area contributed by atoms with Crippen LogP contribution >= 0.6 is 7.60 Å². The van der Waals surface area contributed by atoms with Gasteiger partial charge in [0.25, 0.3) is 0 Å². The van der Waals surface area contributed by atoms with Crippen LogP contribution in [-0.2, 0) is 14.1 Å². The Labute approximate surface area is 109 Å². The molecule has 0 saturated heterocycles. The molecule has 2 unspecified atom stereocenters. The van der Waals surface area contributed by atoms with Crippen molar-refractivity contribution in [3.8, 4) is 0 Å². The summed E-state index contributed by atoms with van der Waals surface area (Å²) in [5.74, 6) is -1.17. The van der Waals surface area contributed by atoms with Crippen LogP contribution in [0.15, 0.2) is 0 Å². The van der Waals surface area contributed by atoms with Crippen LogP contribution in [0, 0.1) is 5.92 Å². The van der Waals surface area contributed by atoms with Crippen LogP contribution in [0.1, 0.15) is 53.4 Å². The second-order valence-corrected chi connectivity index (χ2v) is 6.53. The highest BCUT2D eigenvalue weighted by Crippen LogP contribution is 2.58. The number of rotatable bonds is 8. The molecule has 0 aromatic heterocycles. The largest absolute Gasteiger partial charge is 0.465 e. The zero-order valence-corrected chi connectivity index (χ0v) is 12.6. The van der Waals surface area contributed by atoms with Crippen LogP contribution in [-0.4, -0.2) is 27.5 Å². The number of esters is 1. The smallest absolute Gasteiger partial charge is 0.343 e. The summed E-state index contributed by atoms with van der Waals surface area (Å²) in [5, 5.41) is -1.70. The fourth-order valence-corrected chi connectivity index (χ4v) is 3.72. The molecule has 0 radical (unpaired) electrons. The summed E-state index contributed by atoms with van der Waals surface area (Å²) < 4.78 is 16.8. The molecular weight excluding hydrogens is 255 g/mol. The van der Waals surface area contributed by atoms with E-state index in [0.29, 0.717) is 12.8 Å². The van der Waals surface area contributed by atoms with Gasteiger partial charge in [0.2, 0.25) is 0 Å². The minimum absolute atomic E-state index is 0.0843. The summed E-state index contributed by atoms with van der Waals surface area (Å²) in [5.41, 5.74) is 0. The molecule has 0 aliphatic carbocycles. The standard InChI is InChI=1S/C12H25O5P/c1-5-8-10(4)12(7-3,18(14,15)16)11(13)17-9-6-2/h10H,5-9H2,1-4H3,(H2,14,15,16). The van der Waals surface area contributed by atoms with Crippen molar-refractivity contribution in [2.24, 2.45) is 5.92 Å². The minimum Gasteiger partial charge on any atom is -0.465 e. The number of hydrogen-bond acceptors (Lipinski definition) is 3. The van der Waals surface area contributed by atoms with Gasteiger partial charge in [0.15, 0.2) is 5.16 Å². The van der Waals surface area contributed by atoms with E-state index >= 15 is 0 Å².